The van der Waals surface area contributed by atoms with Crippen LogP contribution in [0, 0.1) is 0 Å². The molecule has 0 aliphatic carbocycles. The standard InChI is InChI=1S/C5H9N2.C4H8O3S/c1-6-3-4-7(2)5-6;1-4(2)3-8(5,6)7/h3-5H,1-2H3;1,3H2,2H3,(H,5,6,7)/q+1;/p-1. The minimum atomic E-state index is -4.07. The van der Waals surface area contributed by atoms with E-state index >= 15 is 0 Å². The lowest BCUT2D eigenvalue weighted by Gasteiger charge is -2.03. The Bertz CT molecular complexity index is 404. The van der Waals surface area contributed by atoms with Crippen molar-refractivity contribution in [3.63, 3.8) is 0 Å². The second-order valence-corrected chi connectivity index (χ2v) is 4.81. The minimum Gasteiger partial charge on any atom is -0.748 e. The first kappa shape index (κ1) is 13.9. The van der Waals surface area contributed by atoms with E-state index in [0.29, 0.717) is 5.57 Å². The molecule has 0 saturated carbocycles. The van der Waals surface area contributed by atoms with E-state index in [1.165, 1.54) is 6.92 Å². The van der Waals surface area contributed by atoms with Crippen LogP contribution in [0.15, 0.2) is 30.9 Å². The maximum absolute atomic E-state index is 9.83. The highest BCUT2D eigenvalue weighted by Gasteiger charge is 1.91. The Balaban J connectivity index is 0.000000262. The van der Waals surface area contributed by atoms with Crippen LogP contribution in [0.4, 0.5) is 0 Å². The Hall–Kier alpha value is -1.14. The molecule has 6 heteroatoms. The average Bonchev–Trinajstić information content (AvgIpc) is 2.29. The molecule has 0 aromatic carbocycles. The Morgan fingerprint density at radius 1 is 1.60 bits per heavy atom. The number of imidazole rings is 1. The molecule has 0 bridgehead atoms. The average molecular weight is 232 g/mol. The van der Waals surface area contributed by atoms with Gasteiger partial charge in [0.05, 0.1) is 30.0 Å². The summed E-state index contributed by atoms with van der Waals surface area (Å²) < 4.78 is 33.5. The fourth-order valence-corrected chi connectivity index (χ4v) is 1.48. The molecule has 0 spiro atoms. The van der Waals surface area contributed by atoms with E-state index in [2.05, 4.69) is 6.58 Å². The molecule has 0 amide bonds. The van der Waals surface area contributed by atoms with Gasteiger partial charge in [0.25, 0.3) is 0 Å². The van der Waals surface area contributed by atoms with Gasteiger partial charge in [0.2, 0.25) is 6.33 Å². The van der Waals surface area contributed by atoms with Crippen LogP contribution in [0.2, 0.25) is 0 Å². The fourth-order valence-electron chi connectivity index (χ4n) is 0.876. The maximum atomic E-state index is 9.83. The summed E-state index contributed by atoms with van der Waals surface area (Å²) in [4.78, 5) is 0. The van der Waals surface area contributed by atoms with E-state index in [1.807, 2.05) is 42.0 Å². The van der Waals surface area contributed by atoms with Gasteiger partial charge in [-0.05, 0) is 6.92 Å². The summed E-state index contributed by atoms with van der Waals surface area (Å²) in [6.45, 7) is 4.76. The molecule has 0 atom stereocenters. The normalized spacial score (nSPS) is 10.4. The van der Waals surface area contributed by atoms with Gasteiger partial charge in [0.1, 0.15) is 12.4 Å². The Morgan fingerprint density at radius 3 is 2.20 bits per heavy atom. The largest absolute Gasteiger partial charge is 0.748 e. The monoisotopic (exact) mass is 232 g/mol. The topological polar surface area (TPSA) is 66.0 Å². The van der Waals surface area contributed by atoms with Crippen LogP contribution in [0.5, 0.6) is 0 Å². The highest BCUT2D eigenvalue weighted by atomic mass is 32.2. The molecule has 1 aromatic rings. The fraction of sp³-hybridized carbons (Fsp3) is 0.444. The van der Waals surface area contributed by atoms with Gasteiger partial charge in [-0.3, -0.25) is 0 Å². The van der Waals surface area contributed by atoms with Crippen LogP contribution in [-0.2, 0) is 24.2 Å². The van der Waals surface area contributed by atoms with Gasteiger partial charge in [-0.2, -0.15) is 0 Å². The van der Waals surface area contributed by atoms with Gasteiger partial charge in [-0.1, -0.05) is 12.2 Å². The molecule has 0 saturated heterocycles. The zero-order chi connectivity index (χ0) is 12.1. The molecule has 0 radical (unpaired) electrons. The van der Waals surface area contributed by atoms with Gasteiger partial charge in [0.15, 0.2) is 0 Å². The SMILES string of the molecule is C=C(C)CS(=O)(=O)[O-].Cn1cc[n+](C)c1. The van der Waals surface area contributed by atoms with Crippen LogP contribution in [0.1, 0.15) is 6.92 Å². The second-order valence-electron chi connectivity index (χ2n) is 3.40. The van der Waals surface area contributed by atoms with Crippen LogP contribution >= 0.6 is 0 Å². The third kappa shape index (κ3) is 9.17. The number of hydrogen-bond donors (Lipinski definition) is 0. The van der Waals surface area contributed by atoms with Crippen molar-refractivity contribution in [2.24, 2.45) is 14.1 Å². The molecule has 1 heterocycles. The lowest BCUT2D eigenvalue weighted by atomic mass is 10.4. The van der Waals surface area contributed by atoms with Gasteiger partial charge < -0.3 is 4.55 Å². The first-order valence-electron chi connectivity index (χ1n) is 4.26. The van der Waals surface area contributed by atoms with Gasteiger partial charge in [-0.15, -0.1) is 0 Å². The van der Waals surface area contributed by atoms with E-state index < -0.39 is 15.9 Å². The third-order valence-electron chi connectivity index (χ3n) is 1.32. The van der Waals surface area contributed by atoms with Gasteiger partial charge >= 0.3 is 0 Å². The predicted octanol–water partition coefficient (Wildman–Crippen LogP) is -0.0427. The van der Waals surface area contributed by atoms with E-state index in [-0.39, 0.29) is 0 Å². The first-order chi connectivity index (χ1) is 6.70. The molecule has 0 unspecified atom stereocenters. The quantitative estimate of drug-likeness (QED) is 0.408. The summed E-state index contributed by atoms with van der Waals surface area (Å²) in [5.74, 6) is -0.451. The zero-order valence-electron chi connectivity index (χ0n) is 9.17. The van der Waals surface area contributed by atoms with E-state index in [1.54, 1.807) is 0 Å². The molecule has 0 N–H and O–H groups in total. The summed E-state index contributed by atoms with van der Waals surface area (Å²) >= 11 is 0. The van der Waals surface area contributed by atoms with E-state index in [0.717, 1.165) is 0 Å². The highest BCUT2D eigenvalue weighted by Crippen LogP contribution is 1.91. The van der Waals surface area contributed by atoms with Crippen LogP contribution in [0.3, 0.4) is 0 Å². The number of nitrogens with zero attached hydrogens (tertiary/aromatic N) is 2. The predicted molar refractivity (Wildman–Crippen MR) is 56.0 cm³/mol. The van der Waals surface area contributed by atoms with Crippen molar-refractivity contribution >= 4 is 10.1 Å². The molecule has 5 nitrogen and oxygen atoms in total. The lowest BCUT2D eigenvalue weighted by Crippen LogP contribution is -2.23. The molecule has 0 aliphatic rings. The second kappa shape index (κ2) is 5.67. The van der Waals surface area contributed by atoms with Crippen molar-refractivity contribution in [1.82, 2.24) is 4.57 Å². The van der Waals surface area contributed by atoms with Crippen LogP contribution in [-0.4, -0.2) is 23.3 Å². The first-order valence-corrected chi connectivity index (χ1v) is 5.83. The third-order valence-corrected chi connectivity index (χ3v) is 2.17. The Kier molecular flexibility index (Phi) is 5.24. The maximum Gasteiger partial charge on any atom is 0.243 e. The Labute approximate surface area is 90.4 Å². The summed E-state index contributed by atoms with van der Waals surface area (Å²) in [6, 6.07) is 0. The summed E-state index contributed by atoms with van der Waals surface area (Å²) in [7, 11) is -0.0729. The molecule has 15 heavy (non-hydrogen) atoms. The van der Waals surface area contributed by atoms with E-state index in [4.69, 9.17) is 0 Å². The van der Waals surface area contributed by atoms with Crippen LogP contribution < -0.4 is 4.57 Å². The van der Waals surface area contributed by atoms with Gasteiger partial charge in [0, 0.05) is 0 Å². The zero-order valence-corrected chi connectivity index (χ0v) is 9.99. The van der Waals surface area contributed by atoms with Crippen molar-refractivity contribution in [2.75, 3.05) is 5.75 Å². The molecule has 1 rings (SSSR count). The summed E-state index contributed by atoms with van der Waals surface area (Å²) in [5.41, 5.74) is 0.375. The number of rotatable bonds is 2. The van der Waals surface area contributed by atoms with E-state index in [9.17, 15) is 13.0 Å². The van der Waals surface area contributed by atoms with Gasteiger partial charge in [-0.25, -0.2) is 17.6 Å². The summed E-state index contributed by atoms with van der Waals surface area (Å²) in [5, 5.41) is 0. The molecule has 1 aromatic heterocycles. The Morgan fingerprint density at radius 2 is 2.13 bits per heavy atom. The molecule has 86 valence electrons. The van der Waals surface area contributed by atoms with Crippen molar-refractivity contribution in [3.8, 4) is 0 Å². The van der Waals surface area contributed by atoms with Crippen LogP contribution in [0.25, 0.3) is 0 Å². The number of aromatic nitrogens is 2. The van der Waals surface area contributed by atoms with Crippen molar-refractivity contribution < 1.29 is 17.5 Å². The van der Waals surface area contributed by atoms with Crippen molar-refractivity contribution in [2.45, 2.75) is 6.92 Å². The minimum absolute atomic E-state index is 0.375. The smallest absolute Gasteiger partial charge is 0.243 e. The lowest BCUT2D eigenvalue weighted by molar-refractivity contribution is -0.670. The van der Waals surface area contributed by atoms with Crippen molar-refractivity contribution in [3.05, 3.63) is 30.9 Å². The number of aryl methyl sites for hydroxylation is 2. The molecule has 0 aliphatic heterocycles. The molecule has 0 fully saturated rings. The molecular weight excluding hydrogens is 216 g/mol. The highest BCUT2D eigenvalue weighted by molar-refractivity contribution is 7.85. The summed E-state index contributed by atoms with van der Waals surface area (Å²) in [6.07, 6.45) is 6.00. The van der Waals surface area contributed by atoms with Crippen molar-refractivity contribution in [1.29, 1.82) is 0 Å². The molecular formula is C9H16N2O3S. The number of hydrogen-bond acceptors (Lipinski definition) is 3.